The van der Waals surface area contributed by atoms with E-state index >= 15 is 0 Å². The molecule has 2 aromatic heterocycles. The molecule has 0 unspecified atom stereocenters. The van der Waals surface area contributed by atoms with Crippen LogP contribution in [0.2, 0.25) is 0 Å². The fraction of sp³-hybridized carbons (Fsp3) is 0.0625. The van der Waals surface area contributed by atoms with Gasteiger partial charge in [-0.25, -0.2) is 0 Å². The smallest absolute Gasteiger partial charge is 0.248 e. The molecule has 2 heterocycles. The molecule has 1 amide bonds. The Balaban J connectivity index is 1.87. The highest BCUT2D eigenvalue weighted by atomic mass is 32.1. The largest absolute Gasteiger partial charge is 0.373 e. The summed E-state index contributed by atoms with van der Waals surface area (Å²) in [4.78, 5) is 13.6. The molecule has 0 radical (unpaired) electrons. The summed E-state index contributed by atoms with van der Waals surface area (Å²) in [5.74, 6) is -0.408. The van der Waals surface area contributed by atoms with Crippen LogP contribution in [0.3, 0.4) is 0 Å². The summed E-state index contributed by atoms with van der Waals surface area (Å²) in [5.41, 5.74) is 6.75. The third-order valence-corrected chi connectivity index (χ3v) is 5.01. The Morgan fingerprint density at radius 2 is 1.52 bits per heavy atom. The topological polar surface area (TPSA) is 55.1 Å². The van der Waals surface area contributed by atoms with Gasteiger partial charge in [-0.2, -0.15) is 0 Å². The number of hydrogen-bond acceptors (Lipinski definition) is 4. The molecule has 0 aliphatic rings. The minimum Gasteiger partial charge on any atom is -0.373 e. The normalized spacial score (nSPS) is 10.7. The molecule has 3 nitrogen and oxygen atoms in total. The van der Waals surface area contributed by atoms with Crippen LogP contribution in [0.15, 0.2) is 59.3 Å². The zero-order chi connectivity index (χ0) is 14.7. The highest BCUT2D eigenvalue weighted by Gasteiger charge is 2.16. The van der Waals surface area contributed by atoms with Gasteiger partial charge in [0, 0.05) is 21.0 Å². The van der Waals surface area contributed by atoms with Crippen LogP contribution in [-0.2, 0) is 0 Å². The molecule has 0 saturated heterocycles. The predicted octanol–water partition coefficient (Wildman–Crippen LogP) is 4.11. The number of primary amides is 1. The highest BCUT2D eigenvalue weighted by Crippen LogP contribution is 2.32. The van der Waals surface area contributed by atoms with Gasteiger partial charge in [0.05, 0.1) is 6.04 Å². The molecule has 3 aromatic rings. The third kappa shape index (κ3) is 3.15. The number of nitrogens with two attached hydrogens (primary N) is 1. The van der Waals surface area contributed by atoms with Gasteiger partial charge < -0.3 is 11.1 Å². The molecule has 3 rings (SSSR count). The van der Waals surface area contributed by atoms with Gasteiger partial charge in [0.25, 0.3) is 0 Å². The molecular weight excluding hydrogens is 300 g/mol. The fourth-order valence-electron chi connectivity index (χ4n) is 2.09. The maximum atomic E-state index is 11.1. The summed E-state index contributed by atoms with van der Waals surface area (Å²) >= 11 is 3.45. The summed E-state index contributed by atoms with van der Waals surface area (Å²) in [7, 11) is 0. The minimum atomic E-state index is -0.408. The van der Waals surface area contributed by atoms with Crippen LogP contribution >= 0.6 is 22.7 Å². The van der Waals surface area contributed by atoms with Crippen molar-refractivity contribution >= 4 is 34.3 Å². The lowest BCUT2D eigenvalue weighted by atomic mass is 10.1. The summed E-state index contributed by atoms with van der Waals surface area (Å²) in [5, 5.41) is 7.67. The zero-order valence-corrected chi connectivity index (χ0v) is 12.8. The lowest BCUT2D eigenvalue weighted by Crippen LogP contribution is -2.12. The Morgan fingerprint density at radius 1 is 0.952 bits per heavy atom. The number of rotatable bonds is 5. The second-order valence-corrected chi connectivity index (χ2v) is 6.51. The van der Waals surface area contributed by atoms with Gasteiger partial charge in [-0.05, 0) is 47.2 Å². The van der Waals surface area contributed by atoms with Crippen molar-refractivity contribution in [2.24, 2.45) is 5.73 Å². The van der Waals surface area contributed by atoms with Gasteiger partial charge in [-0.3, -0.25) is 4.79 Å². The Bertz CT molecular complexity index is 669. The summed E-state index contributed by atoms with van der Waals surface area (Å²) in [6, 6.07) is 15.7. The lowest BCUT2D eigenvalue weighted by molar-refractivity contribution is 0.100. The third-order valence-electron chi connectivity index (χ3n) is 3.14. The number of nitrogens with one attached hydrogen (secondary N) is 1. The number of hydrogen-bond donors (Lipinski definition) is 2. The van der Waals surface area contributed by atoms with Gasteiger partial charge in [-0.15, -0.1) is 22.7 Å². The summed E-state index contributed by atoms with van der Waals surface area (Å²) < 4.78 is 0. The van der Waals surface area contributed by atoms with Crippen LogP contribution in [0.25, 0.3) is 0 Å². The number of anilines is 1. The molecule has 0 fully saturated rings. The Morgan fingerprint density at radius 3 is 1.95 bits per heavy atom. The first-order valence-electron chi connectivity index (χ1n) is 6.47. The second-order valence-electron chi connectivity index (χ2n) is 4.55. The predicted molar refractivity (Wildman–Crippen MR) is 89.1 cm³/mol. The quantitative estimate of drug-likeness (QED) is 0.744. The van der Waals surface area contributed by atoms with Gasteiger partial charge in [0.2, 0.25) is 5.91 Å². The van der Waals surface area contributed by atoms with E-state index in [1.807, 2.05) is 12.1 Å². The molecule has 0 atom stereocenters. The molecule has 0 spiro atoms. The van der Waals surface area contributed by atoms with Crippen molar-refractivity contribution in [2.45, 2.75) is 6.04 Å². The van der Waals surface area contributed by atoms with E-state index in [1.165, 1.54) is 9.75 Å². The van der Waals surface area contributed by atoms with Crippen molar-refractivity contribution in [3.05, 3.63) is 74.6 Å². The minimum absolute atomic E-state index is 0.129. The van der Waals surface area contributed by atoms with E-state index in [1.54, 1.807) is 34.8 Å². The number of benzene rings is 1. The molecule has 21 heavy (non-hydrogen) atoms. The molecule has 0 saturated carbocycles. The summed E-state index contributed by atoms with van der Waals surface area (Å²) in [6.07, 6.45) is 0. The molecule has 106 valence electrons. The SMILES string of the molecule is NC(=O)c1ccc(NC(c2cccs2)c2cccs2)cc1. The number of amides is 1. The van der Waals surface area contributed by atoms with Crippen LogP contribution in [0.4, 0.5) is 5.69 Å². The Labute approximate surface area is 131 Å². The molecule has 0 bridgehead atoms. The van der Waals surface area contributed by atoms with Crippen LogP contribution in [0.5, 0.6) is 0 Å². The lowest BCUT2D eigenvalue weighted by Gasteiger charge is -2.17. The number of carbonyl (C=O) groups excluding carboxylic acids is 1. The van der Waals surface area contributed by atoms with E-state index in [-0.39, 0.29) is 6.04 Å². The second kappa shape index (κ2) is 6.11. The highest BCUT2D eigenvalue weighted by molar-refractivity contribution is 7.11. The van der Waals surface area contributed by atoms with Crippen LogP contribution in [0, 0.1) is 0 Å². The number of thiophene rings is 2. The Kier molecular flexibility index (Phi) is 4.03. The number of carbonyl (C=O) groups is 1. The van der Waals surface area contributed by atoms with E-state index in [0.717, 1.165) is 5.69 Å². The van der Waals surface area contributed by atoms with Crippen LogP contribution < -0.4 is 11.1 Å². The standard InChI is InChI=1S/C16H14N2OS2/c17-16(19)11-5-7-12(8-6-11)18-15(13-3-1-9-20-13)14-4-2-10-21-14/h1-10,15,18H,(H2,17,19). The maximum absolute atomic E-state index is 11.1. The van der Waals surface area contributed by atoms with Crippen molar-refractivity contribution in [3.8, 4) is 0 Å². The molecule has 1 aromatic carbocycles. The summed E-state index contributed by atoms with van der Waals surface area (Å²) in [6.45, 7) is 0. The van der Waals surface area contributed by atoms with Gasteiger partial charge in [0.15, 0.2) is 0 Å². The van der Waals surface area contributed by atoms with E-state index in [2.05, 4.69) is 40.3 Å². The van der Waals surface area contributed by atoms with E-state index in [9.17, 15) is 4.79 Å². The van der Waals surface area contributed by atoms with Crippen molar-refractivity contribution in [1.82, 2.24) is 0 Å². The van der Waals surface area contributed by atoms with Gasteiger partial charge in [0.1, 0.15) is 0 Å². The van der Waals surface area contributed by atoms with E-state index < -0.39 is 5.91 Å². The van der Waals surface area contributed by atoms with Crippen molar-refractivity contribution in [2.75, 3.05) is 5.32 Å². The first-order chi connectivity index (χ1) is 10.2. The zero-order valence-electron chi connectivity index (χ0n) is 11.2. The Hall–Kier alpha value is -2.11. The first-order valence-corrected chi connectivity index (χ1v) is 8.23. The van der Waals surface area contributed by atoms with Gasteiger partial charge in [-0.1, -0.05) is 12.1 Å². The molecule has 5 heteroatoms. The average molecular weight is 314 g/mol. The van der Waals surface area contributed by atoms with Crippen LogP contribution in [-0.4, -0.2) is 5.91 Å². The van der Waals surface area contributed by atoms with Crippen molar-refractivity contribution in [3.63, 3.8) is 0 Å². The van der Waals surface area contributed by atoms with E-state index in [4.69, 9.17) is 5.73 Å². The van der Waals surface area contributed by atoms with Crippen molar-refractivity contribution < 1.29 is 4.79 Å². The molecule has 0 aliphatic carbocycles. The van der Waals surface area contributed by atoms with Gasteiger partial charge >= 0.3 is 0 Å². The maximum Gasteiger partial charge on any atom is 0.248 e. The fourth-order valence-corrected chi connectivity index (χ4v) is 3.75. The molecular formula is C16H14N2OS2. The van der Waals surface area contributed by atoms with Crippen LogP contribution in [0.1, 0.15) is 26.2 Å². The molecule has 3 N–H and O–H groups in total. The molecule has 0 aliphatic heterocycles. The van der Waals surface area contributed by atoms with E-state index in [0.29, 0.717) is 5.56 Å². The monoisotopic (exact) mass is 314 g/mol. The van der Waals surface area contributed by atoms with Crippen molar-refractivity contribution in [1.29, 1.82) is 0 Å². The average Bonchev–Trinajstić information content (AvgIpc) is 3.19. The first kappa shape index (κ1) is 13.9.